The number of rotatable bonds is 1. The zero-order valence-electron chi connectivity index (χ0n) is 5.87. The zero-order valence-corrected chi connectivity index (χ0v) is 5.87. The molecular weight excluding hydrogens is 128 g/mol. The molecule has 54 valence electrons. The van der Waals surface area contributed by atoms with Crippen LogP contribution >= 0.6 is 0 Å². The second-order valence-corrected chi connectivity index (χ2v) is 2.09. The van der Waals surface area contributed by atoms with Gasteiger partial charge in [-0.2, -0.15) is 0 Å². The molecule has 0 aliphatic rings. The molecule has 1 rings (SSSR count). The summed E-state index contributed by atoms with van der Waals surface area (Å²) in [6.45, 7) is 2.57. The van der Waals surface area contributed by atoms with Gasteiger partial charge in [0.25, 0.3) is 5.56 Å². The zero-order chi connectivity index (χ0) is 7.56. The average Bonchev–Trinajstić information content (AvgIpc) is 1.94. The minimum absolute atomic E-state index is 0.00306. The van der Waals surface area contributed by atoms with Crippen molar-refractivity contribution in [3.8, 4) is 0 Å². The Bertz CT molecular complexity index is 277. The smallest absolute Gasteiger partial charge is 0.250 e. The minimum Gasteiger partial charge on any atom is -0.398 e. The van der Waals surface area contributed by atoms with E-state index in [1.807, 2.05) is 6.92 Å². The first-order chi connectivity index (χ1) is 4.74. The normalized spacial score (nSPS) is 9.70. The molecule has 3 heteroatoms. The lowest BCUT2D eigenvalue weighted by molar-refractivity contribution is 0.729. The summed E-state index contributed by atoms with van der Waals surface area (Å²) >= 11 is 0. The van der Waals surface area contributed by atoms with Crippen LogP contribution in [0.2, 0.25) is 0 Å². The maximum atomic E-state index is 10.9. The molecule has 0 bridgehead atoms. The Morgan fingerprint density at radius 1 is 1.60 bits per heavy atom. The molecule has 0 fully saturated rings. The summed E-state index contributed by atoms with van der Waals surface area (Å²) in [5, 5.41) is 0. The summed E-state index contributed by atoms with van der Waals surface area (Å²) in [6.07, 6.45) is 1.64. The van der Waals surface area contributed by atoms with Crippen LogP contribution in [0.3, 0.4) is 0 Å². The van der Waals surface area contributed by atoms with E-state index in [4.69, 9.17) is 5.73 Å². The molecule has 2 N–H and O–H groups in total. The highest BCUT2D eigenvalue weighted by Gasteiger charge is 1.90. The predicted molar refractivity (Wildman–Crippen MR) is 40.8 cm³/mol. The van der Waals surface area contributed by atoms with Crippen LogP contribution in [0.5, 0.6) is 0 Å². The van der Waals surface area contributed by atoms with E-state index in [0.29, 0.717) is 12.2 Å². The number of anilines is 1. The van der Waals surface area contributed by atoms with Gasteiger partial charge in [0.1, 0.15) is 0 Å². The van der Waals surface area contributed by atoms with Crippen LogP contribution in [0, 0.1) is 0 Å². The molecule has 0 spiro atoms. The lowest BCUT2D eigenvalue weighted by atomic mass is 10.4. The Morgan fingerprint density at radius 3 is 2.80 bits per heavy atom. The molecule has 0 aliphatic heterocycles. The highest BCUT2D eigenvalue weighted by atomic mass is 16.1. The number of nitrogen functional groups attached to an aromatic ring is 1. The largest absolute Gasteiger partial charge is 0.398 e. The maximum absolute atomic E-state index is 10.9. The molecule has 0 atom stereocenters. The van der Waals surface area contributed by atoms with Crippen LogP contribution in [0.1, 0.15) is 6.92 Å². The van der Waals surface area contributed by atoms with Crippen molar-refractivity contribution in [1.29, 1.82) is 0 Å². The van der Waals surface area contributed by atoms with E-state index in [9.17, 15) is 4.79 Å². The van der Waals surface area contributed by atoms with E-state index in [1.165, 1.54) is 6.07 Å². The quantitative estimate of drug-likeness (QED) is 0.612. The molecule has 0 radical (unpaired) electrons. The monoisotopic (exact) mass is 138 g/mol. The van der Waals surface area contributed by atoms with Gasteiger partial charge in [0.2, 0.25) is 0 Å². The van der Waals surface area contributed by atoms with Crippen LogP contribution in [-0.4, -0.2) is 4.57 Å². The minimum atomic E-state index is -0.00306. The number of nitrogens with two attached hydrogens (primary N) is 1. The number of hydrogen-bond donors (Lipinski definition) is 1. The van der Waals surface area contributed by atoms with Gasteiger partial charge in [-0.3, -0.25) is 4.79 Å². The van der Waals surface area contributed by atoms with E-state index in [0.717, 1.165) is 0 Å². The Kier molecular flexibility index (Phi) is 1.76. The fourth-order valence-corrected chi connectivity index (χ4v) is 0.797. The molecular formula is C7H10N2O. The number of hydrogen-bond acceptors (Lipinski definition) is 2. The van der Waals surface area contributed by atoms with Crippen molar-refractivity contribution in [3.63, 3.8) is 0 Å². The Balaban J connectivity index is 3.22. The van der Waals surface area contributed by atoms with Crippen molar-refractivity contribution >= 4 is 5.69 Å². The van der Waals surface area contributed by atoms with E-state index in [1.54, 1.807) is 16.8 Å². The lowest BCUT2D eigenvalue weighted by Crippen LogP contribution is -2.17. The van der Waals surface area contributed by atoms with Gasteiger partial charge in [-0.15, -0.1) is 0 Å². The Labute approximate surface area is 59.1 Å². The van der Waals surface area contributed by atoms with E-state index < -0.39 is 0 Å². The van der Waals surface area contributed by atoms with Crippen molar-refractivity contribution in [2.45, 2.75) is 13.5 Å². The number of aryl methyl sites for hydroxylation is 1. The maximum Gasteiger partial charge on any atom is 0.250 e. The number of nitrogens with zero attached hydrogens (tertiary/aromatic N) is 1. The first kappa shape index (κ1) is 6.86. The van der Waals surface area contributed by atoms with Crippen LogP contribution in [-0.2, 0) is 6.54 Å². The van der Waals surface area contributed by atoms with Gasteiger partial charge in [-0.25, -0.2) is 0 Å². The van der Waals surface area contributed by atoms with Crippen molar-refractivity contribution in [1.82, 2.24) is 4.57 Å². The lowest BCUT2D eigenvalue weighted by Gasteiger charge is -2.00. The van der Waals surface area contributed by atoms with Gasteiger partial charge in [0.15, 0.2) is 0 Å². The second kappa shape index (κ2) is 2.56. The van der Waals surface area contributed by atoms with Gasteiger partial charge in [-0.05, 0) is 13.0 Å². The van der Waals surface area contributed by atoms with Crippen molar-refractivity contribution < 1.29 is 0 Å². The Morgan fingerprint density at radius 2 is 2.30 bits per heavy atom. The topological polar surface area (TPSA) is 48.0 Å². The van der Waals surface area contributed by atoms with E-state index >= 15 is 0 Å². The van der Waals surface area contributed by atoms with Crippen LogP contribution < -0.4 is 11.3 Å². The van der Waals surface area contributed by atoms with Crippen LogP contribution in [0.4, 0.5) is 5.69 Å². The number of aromatic nitrogens is 1. The van der Waals surface area contributed by atoms with E-state index in [-0.39, 0.29) is 5.56 Å². The third-order valence-electron chi connectivity index (χ3n) is 1.35. The van der Waals surface area contributed by atoms with Gasteiger partial charge in [0, 0.05) is 24.5 Å². The molecule has 1 aromatic heterocycles. The first-order valence-electron chi connectivity index (χ1n) is 3.20. The molecule has 0 saturated carbocycles. The molecule has 0 saturated heterocycles. The highest BCUT2D eigenvalue weighted by molar-refractivity contribution is 5.33. The summed E-state index contributed by atoms with van der Waals surface area (Å²) in [5.41, 5.74) is 6.07. The van der Waals surface area contributed by atoms with Crippen LogP contribution in [0.15, 0.2) is 23.1 Å². The molecule has 3 nitrogen and oxygen atoms in total. The van der Waals surface area contributed by atoms with Crippen molar-refractivity contribution in [2.24, 2.45) is 0 Å². The SMILES string of the molecule is CCn1cc(N)ccc1=O. The molecule has 1 heterocycles. The molecule has 0 unspecified atom stereocenters. The van der Waals surface area contributed by atoms with Gasteiger partial charge >= 0.3 is 0 Å². The molecule has 1 aromatic rings. The van der Waals surface area contributed by atoms with Crippen LogP contribution in [0.25, 0.3) is 0 Å². The van der Waals surface area contributed by atoms with Crippen molar-refractivity contribution in [2.75, 3.05) is 5.73 Å². The average molecular weight is 138 g/mol. The van der Waals surface area contributed by atoms with E-state index in [2.05, 4.69) is 0 Å². The molecule has 0 aromatic carbocycles. The standard InChI is InChI=1S/C7H10N2O/c1-2-9-5-6(8)3-4-7(9)10/h3-5H,2,8H2,1H3. The summed E-state index contributed by atoms with van der Waals surface area (Å²) in [5.74, 6) is 0. The second-order valence-electron chi connectivity index (χ2n) is 2.09. The fourth-order valence-electron chi connectivity index (χ4n) is 0.797. The van der Waals surface area contributed by atoms with Gasteiger partial charge < -0.3 is 10.3 Å². The Hall–Kier alpha value is -1.25. The predicted octanol–water partition coefficient (Wildman–Crippen LogP) is 0.450. The third kappa shape index (κ3) is 1.18. The van der Waals surface area contributed by atoms with Crippen molar-refractivity contribution in [3.05, 3.63) is 28.7 Å². The third-order valence-corrected chi connectivity index (χ3v) is 1.35. The molecule has 0 amide bonds. The molecule has 0 aliphatic carbocycles. The summed E-state index contributed by atoms with van der Waals surface area (Å²) < 4.78 is 1.56. The first-order valence-corrected chi connectivity index (χ1v) is 3.20. The molecule has 10 heavy (non-hydrogen) atoms. The van der Waals surface area contributed by atoms with Gasteiger partial charge in [0.05, 0.1) is 0 Å². The highest BCUT2D eigenvalue weighted by Crippen LogP contribution is 1.94. The van der Waals surface area contributed by atoms with Gasteiger partial charge in [-0.1, -0.05) is 0 Å². The fraction of sp³-hybridized carbons (Fsp3) is 0.286. The number of pyridine rings is 1. The summed E-state index contributed by atoms with van der Waals surface area (Å²) in [7, 11) is 0. The summed E-state index contributed by atoms with van der Waals surface area (Å²) in [4.78, 5) is 10.9. The summed E-state index contributed by atoms with van der Waals surface area (Å²) in [6, 6.07) is 3.08.